The van der Waals surface area contributed by atoms with E-state index < -0.39 is 17.7 Å². The molecule has 2 N–H and O–H groups in total. The van der Waals surface area contributed by atoms with Gasteiger partial charge in [0.1, 0.15) is 12.4 Å². The molecule has 2 bridgehead atoms. The number of piperazine rings is 1. The van der Waals surface area contributed by atoms with Crippen LogP contribution in [-0.4, -0.2) is 126 Å². The van der Waals surface area contributed by atoms with Crippen molar-refractivity contribution < 1.29 is 29.0 Å². The molecule has 4 heterocycles. The highest BCUT2D eigenvalue weighted by atomic mass is 16.6. The van der Waals surface area contributed by atoms with E-state index in [-0.39, 0.29) is 23.8 Å². The Labute approximate surface area is 234 Å². The Morgan fingerprint density at radius 1 is 1.02 bits per heavy atom. The topological polar surface area (TPSA) is 139 Å². The highest BCUT2D eigenvalue weighted by Crippen LogP contribution is 2.32. The molecule has 12 heteroatoms. The molecule has 4 fully saturated rings. The number of likely N-dealkylation sites (tertiary alicyclic amines) is 2. The number of amides is 3. The standard InChI is InChI=1S/C28H38N6O6/c1-20(35)32-10-8-31(9-11-32)12-13-39-27(37)34-18-22-14-23(19-34)17-33(16-22)26(36)28(38)25(6-7-30-28)40-24-4-2-21(15-29)3-5-24/h2-5,22-23,25,30,38H,6-14,16-19H2,1H3/t22?,23?,25?,28-/m1/s1. The normalized spacial score (nSPS) is 28.6. The molecule has 0 aromatic heterocycles. The fourth-order valence-electron chi connectivity index (χ4n) is 6.32. The quantitative estimate of drug-likeness (QED) is 0.500. The number of rotatable bonds is 6. The lowest BCUT2D eigenvalue weighted by Gasteiger charge is -2.47. The van der Waals surface area contributed by atoms with E-state index in [1.54, 1.807) is 41.0 Å². The molecule has 3 amide bonds. The zero-order valence-corrected chi connectivity index (χ0v) is 23.0. The number of nitriles is 1. The van der Waals surface area contributed by atoms with Crippen molar-refractivity contribution in [3.63, 3.8) is 0 Å². The SMILES string of the molecule is CC(=O)N1CCN(CCOC(=O)N2CC3CC(C2)CN(C(=O)[C@@]2(O)NCCC2Oc2ccc(C#N)cc2)C3)CC1. The van der Waals surface area contributed by atoms with E-state index in [2.05, 4.69) is 16.3 Å². The Kier molecular flexibility index (Phi) is 8.44. The van der Waals surface area contributed by atoms with Gasteiger partial charge in [-0.3, -0.25) is 19.8 Å². The summed E-state index contributed by atoms with van der Waals surface area (Å²) in [6.07, 6.45) is 0.301. The van der Waals surface area contributed by atoms with Gasteiger partial charge in [-0.1, -0.05) is 0 Å². The number of piperidine rings is 2. The summed E-state index contributed by atoms with van der Waals surface area (Å²) in [5.41, 5.74) is -1.33. The predicted molar refractivity (Wildman–Crippen MR) is 143 cm³/mol. The third kappa shape index (κ3) is 6.16. The lowest BCUT2D eigenvalue weighted by atomic mass is 9.84. The molecular formula is C28H38N6O6. The van der Waals surface area contributed by atoms with E-state index in [0.717, 1.165) is 19.5 Å². The van der Waals surface area contributed by atoms with Gasteiger partial charge in [-0.2, -0.15) is 5.26 Å². The maximum Gasteiger partial charge on any atom is 0.409 e. The van der Waals surface area contributed by atoms with Gasteiger partial charge in [0.2, 0.25) is 11.6 Å². The van der Waals surface area contributed by atoms with Crippen LogP contribution in [0.3, 0.4) is 0 Å². The molecular weight excluding hydrogens is 516 g/mol. The second-order valence-electron chi connectivity index (χ2n) is 11.3. The molecule has 0 aliphatic carbocycles. The highest BCUT2D eigenvalue weighted by molar-refractivity contribution is 5.86. The van der Waals surface area contributed by atoms with Crippen molar-refractivity contribution in [2.45, 2.75) is 31.6 Å². The number of fused-ring (bicyclic) bond motifs is 2. The second-order valence-corrected chi connectivity index (χ2v) is 11.3. The van der Waals surface area contributed by atoms with Crippen molar-refractivity contribution >= 4 is 17.9 Å². The van der Waals surface area contributed by atoms with Gasteiger partial charge < -0.3 is 29.3 Å². The molecule has 0 saturated carbocycles. The van der Waals surface area contributed by atoms with Crippen LogP contribution in [0.1, 0.15) is 25.3 Å². The van der Waals surface area contributed by atoms with Crippen molar-refractivity contribution in [2.75, 3.05) is 72.1 Å². The van der Waals surface area contributed by atoms with Gasteiger partial charge in [-0.05, 0) is 42.5 Å². The number of hydrogen-bond donors (Lipinski definition) is 2. The third-order valence-corrected chi connectivity index (χ3v) is 8.43. The van der Waals surface area contributed by atoms with Gasteiger partial charge in [0.25, 0.3) is 5.91 Å². The van der Waals surface area contributed by atoms with Crippen LogP contribution < -0.4 is 10.1 Å². The van der Waals surface area contributed by atoms with Crippen molar-refractivity contribution in [3.05, 3.63) is 29.8 Å². The van der Waals surface area contributed by atoms with Gasteiger partial charge in [0, 0.05) is 78.8 Å². The third-order valence-electron chi connectivity index (χ3n) is 8.43. The van der Waals surface area contributed by atoms with Crippen LogP contribution >= 0.6 is 0 Å². The summed E-state index contributed by atoms with van der Waals surface area (Å²) in [5.74, 6) is 0.381. The molecule has 0 radical (unpaired) electrons. The fourth-order valence-corrected chi connectivity index (χ4v) is 6.32. The van der Waals surface area contributed by atoms with Crippen molar-refractivity contribution in [2.24, 2.45) is 11.8 Å². The first-order valence-electron chi connectivity index (χ1n) is 14.1. The molecule has 4 atom stereocenters. The number of benzene rings is 1. The molecule has 40 heavy (non-hydrogen) atoms. The summed E-state index contributed by atoms with van der Waals surface area (Å²) in [6.45, 7) is 7.81. The molecule has 5 rings (SSSR count). The van der Waals surface area contributed by atoms with Crippen LogP contribution in [0.15, 0.2) is 24.3 Å². The average Bonchev–Trinajstić information content (AvgIpc) is 3.33. The molecule has 12 nitrogen and oxygen atoms in total. The van der Waals surface area contributed by atoms with Gasteiger partial charge in [0.15, 0.2) is 6.10 Å². The monoisotopic (exact) mass is 554 g/mol. The molecule has 3 unspecified atom stereocenters. The van der Waals surface area contributed by atoms with Crippen molar-refractivity contribution in [1.82, 2.24) is 24.9 Å². The molecule has 1 aromatic carbocycles. The summed E-state index contributed by atoms with van der Waals surface area (Å²) in [6, 6.07) is 8.66. The van der Waals surface area contributed by atoms with Crippen molar-refractivity contribution in [3.8, 4) is 11.8 Å². The number of aliphatic hydroxyl groups is 1. The predicted octanol–water partition coefficient (Wildman–Crippen LogP) is 0.0686. The van der Waals surface area contributed by atoms with Crippen LogP contribution in [0.25, 0.3) is 0 Å². The number of carbonyl (C=O) groups is 3. The van der Waals surface area contributed by atoms with Gasteiger partial charge in [-0.25, -0.2) is 4.79 Å². The summed E-state index contributed by atoms with van der Waals surface area (Å²) in [5, 5.41) is 23.4. The smallest absolute Gasteiger partial charge is 0.409 e. The maximum atomic E-state index is 13.6. The number of carbonyl (C=O) groups excluding carboxylic acids is 3. The fraction of sp³-hybridized carbons (Fsp3) is 0.643. The van der Waals surface area contributed by atoms with E-state index in [4.69, 9.17) is 14.7 Å². The zero-order valence-electron chi connectivity index (χ0n) is 23.0. The van der Waals surface area contributed by atoms with Gasteiger partial charge in [0.05, 0.1) is 11.6 Å². The first-order chi connectivity index (χ1) is 19.2. The minimum atomic E-state index is -1.84. The number of nitrogens with one attached hydrogen (secondary N) is 1. The molecule has 4 saturated heterocycles. The van der Waals surface area contributed by atoms with Crippen molar-refractivity contribution in [1.29, 1.82) is 5.26 Å². The Bertz CT molecular complexity index is 1120. The van der Waals surface area contributed by atoms with E-state index >= 15 is 0 Å². The van der Waals surface area contributed by atoms with E-state index in [9.17, 15) is 19.5 Å². The number of hydrogen-bond acceptors (Lipinski definition) is 9. The molecule has 4 aliphatic rings. The molecule has 0 spiro atoms. The maximum absolute atomic E-state index is 13.6. The Hall–Kier alpha value is -3.40. The van der Waals surface area contributed by atoms with E-state index in [1.807, 2.05) is 4.90 Å². The summed E-state index contributed by atoms with van der Waals surface area (Å²) in [4.78, 5) is 45.3. The lowest BCUT2D eigenvalue weighted by Crippen LogP contribution is -2.65. The Morgan fingerprint density at radius 2 is 1.68 bits per heavy atom. The Balaban J connectivity index is 1.10. The zero-order chi connectivity index (χ0) is 28.3. The second kappa shape index (κ2) is 12.0. The van der Waals surface area contributed by atoms with Gasteiger partial charge in [-0.15, -0.1) is 0 Å². The molecule has 216 valence electrons. The largest absolute Gasteiger partial charge is 0.485 e. The molecule has 4 aliphatic heterocycles. The summed E-state index contributed by atoms with van der Waals surface area (Å²) >= 11 is 0. The first-order valence-corrected chi connectivity index (χ1v) is 14.1. The average molecular weight is 555 g/mol. The minimum Gasteiger partial charge on any atom is -0.485 e. The first kappa shape index (κ1) is 28.1. The minimum absolute atomic E-state index is 0.0897. The number of ether oxygens (including phenoxy) is 2. The summed E-state index contributed by atoms with van der Waals surface area (Å²) < 4.78 is 11.6. The van der Waals surface area contributed by atoms with E-state index in [1.165, 1.54) is 0 Å². The van der Waals surface area contributed by atoms with Crippen LogP contribution in [0, 0.1) is 23.2 Å². The highest BCUT2D eigenvalue weighted by Gasteiger charge is 2.53. The van der Waals surface area contributed by atoms with E-state index in [0.29, 0.717) is 76.7 Å². The Morgan fingerprint density at radius 3 is 2.30 bits per heavy atom. The summed E-state index contributed by atoms with van der Waals surface area (Å²) in [7, 11) is 0. The lowest BCUT2D eigenvalue weighted by molar-refractivity contribution is -0.166. The van der Waals surface area contributed by atoms with Gasteiger partial charge >= 0.3 is 6.09 Å². The van der Waals surface area contributed by atoms with Crippen LogP contribution in [0.2, 0.25) is 0 Å². The van der Waals surface area contributed by atoms with Crippen LogP contribution in [0.4, 0.5) is 4.79 Å². The number of nitrogens with zero attached hydrogens (tertiary/aromatic N) is 5. The molecule has 1 aromatic rings. The van der Waals surface area contributed by atoms with Crippen LogP contribution in [-0.2, 0) is 14.3 Å². The van der Waals surface area contributed by atoms with Crippen LogP contribution in [0.5, 0.6) is 5.75 Å².